The average molecular weight is 488 g/mol. The zero-order valence-electron chi connectivity index (χ0n) is 19.8. The Morgan fingerprint density at radius 1 is 1.11 bits per heavy atom. The molecule has 9 nitrogen and oxygen atoms in total. The zero-order valence-corrected chi connectivity index (χ0v) is 19.8. The smallest absolute Gasteiger partial charge is 0.325 e. The molecule has 36 heavy (non-hydrogen) atoms. The summed E-state index contributed by atoms with van der Waals surface area (Å²) in [7, 11) is 0. The molecule has 2 aliphatic heterocycles. The van der Waals surface area contributed by atoms with Gasteiger partial charge in [0.2, 0.25) is 11.8 Å². The molecule has 3 aromatic carbocycles. The predicted octanol–water partition coefficient (Wildman–Crippen LogP) is 4.07. The average Bonchev–Trinajstić information content (AvgIpc) is 3.37. The van der Waals surface area contributed by atoms with E-state index in [9.17, 15) is 29.6 Å². The molecule has 2 saturated heterocycles. The van der Waals surface area contributed by atoms with Crippen molar-refractivity contribution in [3.05, 3.63) is 82.4 Å². The second kappa shape index (κ2) is 8.53. The first-order valence-electron chi connectivity index (χ1n) is 11.8. The van der Waals surface area contributed by atoms with E-state index in [2.05, 4.69) is 5.32 Å². The van der Waals surface area contributed by atoms with E-state index in [4.69, 9.17) is 0 Å². The minimum atomic E-state index is -1.69. The highest BCUT2D eigenvalue weighted by Gasteiger charge is 2.70. The number of hydrogen-bond donors (Lipinski definition) is 2. The number of anilines is 1. The molecule has 0 bridgehead atoms. The number of aliphatic carboxylic acids is 1. The Morgan fingerprint density at radius 3 is 2.50 bits per heavy atom. The number of amides is 2. The fourth-order valence-corrected chi connectivity index (χ4v) is 5.91. The van der Waals surface area contributed by atoms with Crippen LogP contribution in [0.5, 0.6) is 0 Å². The summed E-state index contributed by atoms with van der Waals surface area (Å²) in [6, 6.07) is 17.8. The number of fused-ring (bicyclic) bond motifs is 2. The number of non-ortho nitro benzene ring substituents is 1. The fourth-order valence-electron chi connectivity index (χ4n) is 5.91. The molecule has 0 aromatic heterocycles. The van der Waals surface area contributed by atoms with E-state index in [1.807, 2.05) is 49.4 Å². The Hall–Kier alpha value is -4.11. The lowest BCUT2D eigenvalue weighted by atomic mass is 9.71. The van der Waals surface area contributed by atoms with Crippen LogP contribution in [0, 0.1) is 27.9 Å². The Morgan fingerprint density at radius 2 is 1.81 bits per heavy atom. The first-order chi connectivity index (χ1) is 17.2. The van der Waals surface area contributed by atoms with Crippen LogP contribution >= 0.6 is 0 Å². The number of hydrogen-bond acceptors (Lipinski definition) is 6. The Labute approximate surface area is 206 Å². The van der Waals surface area contributed by atoms with Gasteiger partial charge in [0.15, 0.2) is 0 Å². The van der Waals surface area contributed by atoms with Crippen molar-refractivity contribution in [2.45, 2.75) is 31.8 Å². The molecular formula is C27H25N3O6. The third-order valence-corrected chi connectivity index (χ3v) is 7.80. The number of nitrogens with one attached hydrogen (secondary N) is 1. The van der Waals surface area contributed by atoms with E-state index < -0.39 is 52.0 Å². The first kappa shape index (κ1) is 23.6. The Kier molecular flexibility index (Phi) is 5.60. The van der Waals surface area contributed by atoms with E-state index in [-0.39, 0.29) is 11.4 Å². The largest absolute Gasteiger partial charge is 0.480 e. The minimum absolute atomic E-state index is 0.0636. The third kappa shape index (κ3) is 3.23. The second-order valence-electron chi connectivity index (χ2n) is 9.47. The maximum atomic E-state index is 13.9. The molecule has 184 valence electrons. The molecule has 5 rings (SSSR count). The van der Waals surface area contributed by atoms with Crippen molar-refractivity contribution in [1.29, 1.82) is 0 Å². The molecule has 5 atom stereocenters. The summed E-state index contributed by atoms with van der Waals surface area (Å²) in [5, 5.41) is 26.9. The van der Waals surface area contributed by atoms with Gasteiger partial charge in [-0.3, -0.25) is 29.8 Å². The van der Waals surface area contributed by atoms with Gasteiger partial charge >= 0.3 is 5.97 Å². The van der Waals surface area contributed by atoms with Crippen LogP contribution in [0.3, 0.4) is 0 Å². The minimum Gasteiger partial charge on any atom is -0.480 e. The number of carboxylic acids is 1. The van der Waals surface area contributed by atoms with E-state index in [0.717, 1.165) is 21.2 Å². The number of nitrogens with zero attached hydrogens (tertiary/aromatic N) is 2. The van der Waals surface area contributed by atoms with Gasteiger partial charge in [0, 0.05) is 18.2 Å². The molecule has 0 saturated carbocycles. The predicted molar refractivity (Wildman–Crippen MR) is 132 cm³/mol. The lowest BCUT2D eigenvalue weighted by molar-refractivity contribution is -0.384. The van der Waals surface area contributed by atoms with Crippen molar-refractivity contribution in [3.63, 3.8) is 0 Å². The number of benzene rings is 3. The first-order valence-corrected chi connectivity index (χ1v) is 11.8. The number of carbonyl (C=O) groups excluding carboxylic acids is 2. The number of nitro groups is 1. The van der Waals surface area contributed by atoms with Gasteiger partial charge in [-0.2, -0.15) is 0 Å². The fraction of sp³-hybridized carbons (Fsp3) is 0.296. The molecule has 3 aromatic rings. The van der Waals surface area contributed by atoms with Crippen molar-refractivity contribution in [2.24, 2.45) is 17.8 Å². The van der Waals surface area contributed by atoms with Gasteiger partial charge in [0.25, 0.3) is 5.69 Å². The zero-order chi connectivity index (χ0) is 25.8. The summed E-state index contributed by atoms with van der Waals surface area (Å²) in [6.07, 6.45) is 0.461. The van der Waals surface area contributed by atoms with Gasteiger partial charge in [-0.25, -0.2) is 4.90 Å². The van der Waals surface area contributed by atoms with E-state index in [1.54, 1.807) is 6.92 Å². The van der Waals surface area contributed by atoms with Gasteiger partial charge < -0.3 is 5.11 Å². The van der Waals surface area contributed by atoms with Gasteiger partial charge in [0.1, 0.15) is 5.54 Å². The van der Waals surface area contributed by atoms with Crippen LogP contribution in [0.2, 0.25) is 0 Å². The number of nitro benzene ring substituents is 1. The van der Waals surface area contributed by atoms with Gasteiger partial charge in [-0.15, -0.1) is 0 Å². The highest BCUT2D eigenvalue weighted by atomic mass is 16.6. The highest BCUT2D eigenvalue weighted by molar-refractivity contribution is 6.24. The molecule has 5 unspecified atom stereocenters. The molecule has 0 radical (unpaired) electrons. The monoisotopic (exact) mass is 487 g/mol. The SMILES string of the molecule is CCC(C)C1(C(=O)O)NC(c2cccc3ccccc23)C2C(=O)N(c3cccc([N+](=O)[O-])c3)C(=O)C21. The van der Waals surface area contributed by atoms with Crippen molar-refractivity contribution >= 4 is 39.9 Å². The van der Waals surface area contributed by atoms with Gasteiger partial charge in [-0.05, 0) is 28.3 Å². The molecular weight excluding hydrogens is 462 g/mol. The van der Waals surface area contributed by atoms with Crippen molar-refractivity contribution < 1.29 is 24.4 Å². The quantitative estimate of drug-likeness (QED) is 0.305. The summed E-state index contributed by atoms with van der Waals surface area (Å²) in [4.78, 5) is 52.4. The molecule has 2 heterocycles. The van der Waals surface area contributed by atoms with Crippen LogP contribution in [0.1, 0.15) is 31.9 Å². The van der Waals surface area contributed by atoms with Crippen LogP contribution in [0.25, 0.3) is 10.8 Å². The molecule has 0 aliphatic carbocycles. The normalized spacial score (nSPS) is 26.3. The van der Waals surface area contributed by atoms with Crippen molar-refractivity contribution in [3.8, 4) is 0 Å². The summed E-state index contributed by atoms with van der Waals surface area (Å²) < 4.78 is 0. The summed E-state index contributed by atoms with van der Waals surface area (Å²) in [5.74, 6) is -5.08. The maximum Gasteiger partial charge on any atom is 0.325 e. The molecule has 0 spiro atoms. The summed E-state index contributed by atoms with van der Waals surface area (Å²) in [6.45, 7) is 3.61. The highest BCUT2D eigenvalue weighted by Crippen LogP contribution is 2.53. The summed E-state index contributed by atoms with van der Waals surface area (Å²) in [5.41, 5.74) is -1.16. The van der Waals surface area contributed by atoms with Crippen molar-refractivity contribution in [2.75, 3.05) is 4.90 Å². The topological polar surface area (TPSA) is 130 Å². The van der Waals surface area contributed by atoms with Crippen LogP contribution in [-0.4, -0.2) is 33.4 Å². The number of carboxylic acid groups (broad SMARTS) is 1. The third-order valence-electron chi connectivity index (χ3n) is 7.80. The van der Waals surface area contributed by atoms with Crippen LogP contribution in [-0.2, 0) is 14.4 Å². The number of imide groups is 1. The molecule has 2 amide bonds. The molecule has 2 fully saturated rings. The van der Waals surface area contributed by atoms with E-state index in [0.29, 0.717) is 6.42 Å². The van der Waals surface area contributed by atoms with Crippen molar-refractivity contribution in [1.82, 2.24) is 5.32 Å². The Balaban J connectivity index is 1.72. The number of rotatable bonds is 6. The second-order valence-corrected chi connectivity index (χ2v) is 9.47. The lowest BCUT2D eigenvalue weighted by Gasteiger charge is -2.36. The number of carbonyl (C=O) groups is 3. The van der Waals surface area contributed by atoms with E-state index >= 15 is 0 Å². The summed E-state index contributed by atoms with van der Waals surface area (Å²) >= 11 is 0. The molecule has 2 aliphatic rings. The maximum absolute atomic E-state index is 13.9. The van der Waals surface area contributed by atoms with Gasteiger partial charge in [0.05, 0.1) is 22.4 Å². The van der Waals surface area contributed by atoms with Crippen LogP contribution in [0.4, 0.5) is 11.4 Å². The lowest BCUT2D eigenvalue weighted by Crippen LogP contribution is -2.59. The van der Waals surface area contributed by atoms with Crippen LogP contribution in [0.15, 0.2) is 66.7 Å². The molecule has 9 heteroatoms. The van der Waals surface area contributed by atoms with Gasteiger partial charge in [-0.1, -0.05) is 68.8 Å². The van der Waals surface area contributed by atoms with E-state index in [1.165, 1.54) is 24.3 Å². The standard InChI is InChI=1S/C27H25N3O6/c1-3-15(2)27(26(33)34)22-21(23(28-27)20-13-6-9-16-8-4-5-12-19(16)20)24(31)29(25(22)32)17-10-7-11-18(14-17)30(35)36/h4-15,21-23,28H,3H2,1-2H3,(H,33,34). The Bertz CT molecular complexity index is 1420. The molecule has 2 N–H and O–H groups in total. The van der Waals surface area contributed by atoms with Crippen LogP contribution < -0.4 is 10.2 Å².